The van der Waals surface area contributed by atoms with Gasteiger partial charge in [0, 0.05) is 61.5 Å². The highest BCUT2D eigenvalue weighted by atomic mass is 15.3. The molecule has 0 atom stereocenters. The van der Waals surface area contributed by atoms with E-state index in [1.165, 1.54) is 49.1 Å². The number of allylic oxidation sites excluding steroid dienone is 1. The lowest BCUT2D eigenvalue weighted by Gasteiger charge is -2.44. The molecule has 5 heterocycles. The first-order valence-corrected chi connectivity index (χ1v) is 13.3. The Morgan fingerprint density at radius 1 is 1.00 bits per heavy atom. The van der Waals surface area contributed by atoms with Crippen molar-refractivity contribution in [3.8, 4) is 0 Å². The second kappa shape index (κ2) is 8.94. The predicted octanol–water partition coefficient (Wildman–Crippen LogP) is 5.26. The van der Waals surface area contributed by atoms with Gasteiger partial charge in [0.25, 0.3) is 0 Å². The molecule has 0 bridgehead atoms. The molecule has 0 aromatic carbocycles. The molecular weight excluding hydrogens is 434 g/mol. The Morgan fingerprint density at radius 3 is 2.51 bits per heavy atom. The van der Waals surface area contributed by atoms with E-state index in [9.17, 15) is 0 Å². The van der Waals surface area contributed by atoms with Crippen molar-refractivity contribution < 1.29 is 0 Å². The van der Waals surface area contributed by atoms with Crippen LogP contribution in [0.3, 0.4) is 0 Å². The highest BCUT2D eigenvalue weighted by Gasteiger charge is 2.40. The Kier molecular flexibility index (Phi) is 5.75. The zero-order chi connectivity index (χ0) is 24.0. The third kappa shape index (κ3) is 4.20. The van der Waals surface area contributed by atoms with E-state index >= 15 is 0 Å². The molecule has 1 saturated carbocycles. The fraction of sp³-hybridized carbons (Fsp3) is 0.536. The molecule has 6 rings (SSSR count). The van der Waals surface area contributed by atoms with Crippen LogP contribution in [0.25, 0.3) is 11.0 Å². The molecule has 7 heteroatoms. The van der Waals surface area contributed by atoms with Crippen molar-refractivity contribution >= 4 is 28.5 Å². The molecule has 0 amide bonds. The van der Waals surface area contributed by atoms with Crippen LogP contribution >= 0.6 is 0 Å². The lowest BCUT2D eigenvalue weighted by molar-refractivity contribution is 0.182. The number of rotatable bonds is 4. The van der Waals surface area contributed by atoms with Crippen LogP contribution in [0.2, 0.25) is 0 Å². The van der Waals surface area contributed by atoms with E-state index in [0.29, 0.717) is 12.0 Å². The molecule has 2 fully saturated rings. The molecule has 35 heavy (non-hydrogen) atoms. The van der Waals surface area contributed by atoms with Crippen LogP contribution in [-0.4, -0.2) is 56.6 Å². The van der Waals surface area contributed by atoms with Gasteiger partial charge in [-0.2, -0.15) is 4.98 Å². The van der Waals surface area contributed by atoms with Crippen LogP contribution in [0.4, 0.5) is 17.5 Å². The Morgan fingerprint density at radius 2 is 1.80 bits per heavy atom. The number of nitrogens with zero attached hydrogens (tertiary/aromatic N) is 6. The van der Waals surface area contributed by atoms with Gasteiger partial charge < -0.3 is 14.8 Å². The Hall–Kier alpha value is -2.93. The monoisotopic (exact) mass is 471 g/mol. The summed E-state index contributed by atoms with van der Waals surface area (Å²) >= 11 is 0. The van der Waals surface area contributed by atoms with Gasteiger partial charge >= 0.3 is 0 Å². The van der Waals surface area contributed by atoms with Gasteiger partial charge in [-0.25, -0.2) is 9.97 Å². The van der Waals surface area contributed by atoms with Gasteiger partial charge in [0.1, 0.15) is 11.5 Å². The zero-order valence-corrected chi connectivity index (χ0v) is 21.1. The summed E-state index contributed by atoms with van der Waals surface area (Å²) in [6.45, 7) is 13.2. The maximum atomic E-state index is 5.01. The van der Waals surface area contributed by atoms with E-state index < -0.39 is 0 Å². The van der Waals surface area contributed by atoms with Crippen molar-refractivity contribution in [3.63, 3.8) is 0 Å². The number of anilines is 3. The summed E-state index contributed by atoms with van der Waals surface area (Å²) in [5.74, 6) is 1.39. The summed E-state index contributed by atoms with van der Waals surface area (Å²) in [7, 11) is 0. The molecule has 0 unspecified atom stereocenters. The van der Waals surface area contributed by atoms with Crippen molar-refractivity contribution in [3.05, 3.63) is 48.4 Å². The number of piperazine rings is 1. The van der Waals surface area contributed by atoms with Gasteiger partial charge in [-0.3, -0.25) is 4.90 Å². The van der Waals surface area contributed by atoms with Crippen LogP contribution in [0.15, 0.2) is 42.7 Å². The fourth-order valence-corrected chi connectivity index (χ4v) is 6.49. The maximum Gasteiger partial charge on any atom is 0.230 e. The van der Waals surface area contributed by atoms with Gasteiger partial charge in [-0.05, 0) is 51.3 Å². The topological polar surface area (TPSA) is 62.1 Å². The number of hydrogen-bond donors (Lipinski definition) is 1. The second-order valence-electron chi connectivity index (χ2n) is 11.0. The molecule has 2 aliphatic heterocycles. The van der Waals surface area contributed by atoms with Crippen molar-refractivity contribution in [2.24, 2.45) is 0 Å². The Bertz CT molecular complexity index is 1210. The normalized spacial score (nSPS) is 20.5. The molecule has 1 saturated heterocycles. The van der Waals surface area contributed by atoms with Gasteiger partial charge in [0.2, 0.25) is 5.95 Å². The average Bonchev–Trinajstić information content (AvgIpc) is 3.23. The summed E-state index contributed by atoms with van der Waals surface area (Å²) in [4.78, 5) is 19.3. The standard InChI is InChI=1S/C28H37N7/c1-20(2)33-11-13-34(14-12-33)23-7-8-25(29-19-23)31-27-30-18-22-16-24-15-21(3)17-28(9-5-4-6-10-28)35(24)26(22)32-27/h7-8,16,18-20H,3-6,9-15,17H2,1-2H3,(H,29,30,31,32). The number of pyridine rings is 1. The summed E-state index contributed by atoms with van der Waals surface area (Å²) in [6, 6.07) is 7.07. The minimum absolute atomic E-state index is 0.135. The zero-order valence-electron chi connectivity index (χ0n) is 21.1. The first-order valence-electron chi connectivity index (χ1n) is 13.3. The smallest absolute Gasteiger partial charge is 0.230 e. The van der Waals surface area contributed by atoms with E-state index in [1.54, 1.807) is 0 Å². The molecular formula is C28H37N7. The van der Waals surface area contributed by atoms with Gasteiger partial charge in [-0.1, -0.05) is 31.4 Å². The van der Waals surface area contributed by atoms with Crippen molar-refractivity contribution in [1.29, 1.82) is 0 Å². The Labute approximate surface area is 208 Å². The third-order valence-corrected chi connectivity index (χ3v) is 8.28. The molecule has 0 radical (unpaired) electrons. The second-order valence-corrected chi connectivity index (χ2v) is 11.0. The van der Waals surface area contributed by atoms with E-state index in [-0.39, 0.29) is 5.54 Å². The number of aromatic nitrogens is 4. The molecule has 7 nitrogen and oxygen atoms in total. The van der Waals surface area contributed by atoms with Gasteiger partial charge in [0.15, 0.2) is 0 Å². The van der Waals surface area contributed by atoms with E-state index in [2.05, 4.69) is 62.2 Å². The molecule has 3 aromatic rings. The summed E-state index contributed by atoms with van der Waals surface area (Å²) in [6.07, 6.45) is 12.3. The third-order valence-electron chi connectivity index (χ3n) is 8.28. The summed E-state index contributed by atoms with van der Waals surface area (Å²) in [5, 5.41) is 4.47. The number of fused-ring (bicyclic) bond motifs is 4. The van der Waals surface area contributed by atoms with Crippen molar-refractivity contribution in [2.75, 3.05) is 36.4 Å². The van der Waals surface area contributed by atoms with Crippen molar-refractivity contribution in [1.82, 2.24) is 24.4 Å². The molecule has 1 aliphatic carbocycles. The van der Waals surface area contributed by atoms with Crippen LogP contribution < -0.4 is 10.2 Å². The van der Waals surface area contributed by atoms with E-state index in [0.717, 1.165) is 55.9 Å². The quantitative estimate of drug-likeness (QED) is 0.524. The van der Waals surface area contributed by atoms with Crippen LogP contribution in [0.5, 0.6) is 0 Å². The fourth-order valence-electron chi connectivity index (χ4n) is 6.49. The van der Waals surface area contributed by atoms with E-state index in [4.69, 9.17) is 4.98 Å². The molecule has 1 spiro atoms. The first-order chi connectivity index (χ1) is 17.0. The van der Waals surface area contributed by atoms with Crippen LogP contribution in [0.1, 0.15) is 58.1 Å². The van der Waals surface area contributed by atoms with E-state index in [1.807, 2.05) is 18.5 Å². The molecule has 184 valence electrons. The minimum atomic E-state index is 0.135. The summed E-state index contributed by atoms with van der Waals surface area (Å²) < 4.78 is 2.54. The largest absolute Gasteiger partial charge is 0.368 e. The Balaban J connectivity index is 1.23. The highest BCUT2D eigenvalue weighted by Crippen LogP contribution is 2.46. The molecule has 3 aliphatic rings. The van der Waals surface area contributed by atoms with Crippen molar-refractivity contribution in [2.45, 2.75) is 70.4 Å². The number of nitrogens with one attached hydrogen (secondary N) is 1. The average molecular weight is 472 g/mol. The van der Waals surface area contributed by atoms with Crippen LogP contribution in [0, 0.1) is 0 Å². The maximum absolute atomic E-state index is 5.01. The number of hydrogen-bond acceptors (Lipinski definition) is 6. The molecule has 1 N–H and O–H groups in total. The SMILES string of the molecule is C=C1Cc2cc3cnc(Nc4ccc(N5CCN(C(C)C)CC5)cn4)nc3n2C2(CCCCC2)C1. The first kappa shape index (κ1) is 22.5. The summed E-state index contributed by atoms with van der Waals surface area (Å²) in [5.41, 5.74) is 5.05. The lowest BCUT2D eigenvalue weighted by Crippen LogP contribution is -2.48. The van der Waals surface area contributed by atoms with Gasteiger partial charge in [-0.15, -0.1) is 0 Å². The van der Waals surface area contributed by atoms with Crippen LogP contribution in [-0.2, 0) is 12.0 Å². The lowest BCUT2D eigenvalue weighted by atomic mass is 9.74. The highest BCUT2D eigenvalue weighted by molar-refractivity contribution is 5.79. The predicted molar refractivity (Wildman–Crippen MR) is 142 cm³/mol. The molecule has 3 aromatic heterocycles. The van der Waals surface area contributed by atoms with Gasteiger partial charge in [0.05, 0.1) is 11.9 Å². The minimum Gasteiger partial charge on any atom is -0.368 e.